The zero-order valence-corrected chi connectivity index (χ0v) is 17.8. The summed E-state index contributed by atoms with van der Waals surface area (Å²) in [5.74, 6) is 2.73. The highest BCUT2D eigenvalue weighted by Crippen LogP contribution is 2.27. The number of benzene rings is 1. The number of methoxy groups -OCH3 is 1. The first-order valence-electron chi connectivity index (χ1n) is 9.73. The fourth-order valence-corrected chi connectivity index (χ4v) is 2.88. The van der Waals surface area contributed by atoms with E-state index in [2.05, 4.69) is 59.7 Å². The Morgan fingerprint density at radius 1 is 1.25 bits per heavy atom. The van der Waals surface area contributed by atoms with E-state index in [1.165, 1.54) is 0 Å². The van der Waals surface area contributed by atoms with Crippen LogP contribution >= 0.6 is 0 Å². The van der Waals surface area contributed by atoms with E-state index < -0.39 is 0 Å². The second kappa shape index (κ2) is 10.7. The van der Waals surface area contributed by atoms with Crippen molar-refractivity contribution in [1.29, 1.82) is 0 Å². The van der Waals surface area contributed by atoms with Gasteiger partial charge in [-0.1, -0.05) is 37.2 Å². The molecule has 0 bridgehead atoms. The quantitative estimate of drug-likeness (QED) is 0.508. The number of rotatable bonds is 9. The van der Waals surface area contributed by atoms with Gasteiger partial charge in [-0.15, -0.1) is 0 Å². The average Bonchev–Trinajstić information content (AvgIpc) is 3.15. The number of ether oxygens (including phenoxy) is 1. The first-order chi connectivity index (χ1) is 13.5. The van der Waals surface area contributed by atoms with Gasteiger partial charge in [0.15, 0.2) is 11.7 Å². The number of hydrogen-bond donors (Lipinski definition) is 2. The topological polar surface area (TPSA) is 74.9 Å². The van der Waals surface area contributed by atoms with Crippen LogP contribution in [0.25, 0.3) is 0 Å². The van der Waals surface area contributed by atoms with Gasteiger partial charge in [-0.3, -0.25) is 0 Å². The highest BCUT2D eigenvalue weighted by molar-refractivity contribution is 5.79. The third-order valence-corrected chi connectivity index (χ3v) is 4.49. The van der Waals surface area contributed by atoms with Crippen LogP contribution in [0.2, 0.25) is 0 Å². The van der Waals surface area contributed by atoms with Crippen molar-refractivity contribution in [2.24, 2.45) is 4.99 Å². The SMILES string of the molecule is CCNC(=NCc1cc(C(C)C)no1)NCC(c1ccccc1OC)N(C)C. The summed E-state index contributed by atoms with van der Waals surface area (Å²) in [7, 11) is 5.82. The van der Waals surface area contributed by atoms with Gasteiger partial charge in [0.1, 0.15) is 12.3 Å². The number of para-hydroxylation sites is 1. The Morgan fingerprint density at radius 3 is 2.61 bits per heavy atom. The summed E-state index contributed by atoms with van der Waals surface area (Å²) < 4.78 is 10.9. The van der Waals surface area contributed by atoms with Crippen LogP contribution in [0.4, 0.5) is 0 Å². The van der Waals surface area contributed by atoms with E-state index in [9.17, 15) is 0 Å². The van der Waals surface area contributed by atoms with E-state index >= 15 is 0 Å². The van der Waals surface area contributed by atoms with E-state index in [0.717, 1.165) is 35.3 Å². The molecule has 0 radical (unpaired) electrons. The van der Waals surface area contributed by atoms with E-state index in [-0.39, 0.29) is 6.04 Å². The Morgan fingerprint density at radius 2 is 2.00 bits per heavy atom. The normalized spacial score (nSPS) is 13.1. The number of guanidine groups is 1. The predicted octanol–water partition coefficient (Wildman–Crippen LogP) is 3.16. The Kier molecular flexibility index (Phi) is 8.32. The molecule has 1 atom stereocenters. The molecule has 28 heavy (non-hydrogen) atoms. The highest BCUT2D eigenvalue weighted by Gasteiger charge is 2.18. The summed E-state index contributed by atoms with van der Waals surface area (Å²) in [5.41, 5.74) is 2.09. The summed E-state index contributed by atoms with van der Waals surface area (Å²) in [6, 6.07) is 10.2. The molecule has 0 spiro atoms. The molecule has 154 valence electrons. The minimum Gasteiger partial charge on any atom is -0.496 e. The zero-order valence-electron chi connectivity index (χ0n) is 17.8. The number of aliphatic imine (C=N–C) groups is 1. The molecule has 7 nitrogen and oxygen atoms in total. The van der Waals surface area contributed by atoms with E-state index in [0.29, 0.717) is 19.0 Å². The minimum atomic E-state index is 0.137. The van der Waals surface area contributed by atoms with Gasteiger partial charge in [0.2, 0.25) is 0 Å². The lowest BCUT2D eigenvalue weighted by molar-refractivity contribution is 0.287. The van der Waals surface area contributed by atoms with Crippen LogP contribution in [-0.4, -0.2) is 50.3 Å². The van der Waals surface area contributed by atoms with Gasteiger partial charge in [0.05, 0.1) is 18.8 Å². The van der Waals surface area contributed by atoms with Crippen LogP contribution in [0.5, 0.6) is 5.75 Å². The fourth-order valence-electron chi connectivity index (χ4n) is 2.88. The van der Waals surface area contributed by atoms with Gasteiger partial charge in [0, 0.05) is 24.7 Å². The molecule has 2 rings (SSSR count). The first kappa shape index (κ1) is 21.8. The molecule has 0 saturated carbocycles. The summed E-state index contributed by atoms with van der Waals surface area (Å²) in [4.78, 5) is 6.80. The Balaban J connectivity index is 2.08. The van der Waals surface area contributed by atoms with Crippen molar-refractivity contribution in [3.63, 3.8) is 0 Å². The molecule has 0 aliphatic heterocycles. The first-order valence-corrected chi connectivity index (χ1v) is 9.73. The smallest absolute Gasteiger partial charge is 0.191 e. The molecule has 2 N–H and O–H groups in total. The van der Waals surface area contributed by atoms with Gasteiger partial charge in [-0.2, -0.15) is 0 Å². The third-order valence-electron chi connectivity index (χ3n) is 4.49. The maximum Gasteiger partial charge on any atom is 0.191 e. The maximum absolute atomic E-state index is 5.54. The van der Waals surface area contributed by atoms with Crippen LogP contribution in [0, 0.1) is 0 Å². The fraction of sp³-hybridized carbons (Fsp3) is 0.524. The van der Waals surface area contributed by atoms with E-state index in [1.807, 2.05) is 31.2 Å². The number of nitrogens with zero attached hydrogens (tertiary/aromatic N) is 3. The van der Waals surface area contributed by atoms with Gasteiger partial charge >= 0.3 is 0 Å². The predicted molar refractivity (Wildman–Crippen MR) is 113 cm³/mol. The van der Waals surface area contributed by atoms with Crippen LogP contribution in [-0.2, 0) is 6.54 Å². The largest absolute Gasteiger partial charge is 0.496 e. The highest BCUT2D eigenvalue weighted by atomic mass is 16.5. The summed E-state index contributed by atoms with van der Waals surface area (Å²) >= 11 is 0. The molecule has 1 aromatic heterocycles. The molecule has 0 saturated heterocycles. The van der Waals surface area contributed by atoms with Crippen molar-refractivity contribution in [2.45, 2.75) is 39.3 Å². The monoisotopic (exact) mass is 387 g/mol. The van der Waals surface area contributed by atoms with Gasteiger partial charge in [0.25, 0.3) is 0 Å². The van der Waals surface area contributed by atoms with Gasteiger partial charge in [-0.25, -0.2) is 4.99 Å². The second-order valence-corrected chi connectivity index (χ2v) is 7.17. The molecular formula is C21H33N5O2. The molecule has 0 amide bonds. The Labute approximate surface area is 168 Å². The van der Waals surface area contributed by atoms with E-state index in [4.69, 9.17) is 9.26 Å². The van der Waals surface area contributed by atoms with E-state index in [1.54, 1.807) is 7.11 Å². The number of aromatic nitrogens is 1. The maximum atomic E-state index is 5.54. The van der Waals surface area contributed by atoms with Crippen molar-refractivity contribution < 1.29 is 9.26 Å². The van der Waals surface area contributed by atoms with Crippen molar-refractivity contribution in [1.82, 2.24) is 20.7 Å². The second-order valence-electron chi connectivity index (χ2n) is 7.17. The van der Waals surface area contributed by atoms with Crippen LogP contribution in [0.15, 0.2) is 39.8 Å². The van der Waals surface area contributed by atoms with Gasteiger partial charge < -0.3 is 24.8 Å². The van der Waals surface area contributed by atoms with Crippen molar-refractivity contribution in [3.8, 4) is 5.75 Å². The molecule has 1 aromatic carbocycles. The zero-order chi connectivity index (χ0) is 20.5. The standard InChI is InChI=1S/C21H33N5O2/c1-7-22-21(23-13-16-12-18(15(2)3)25-28-16)24-14-19(26(4)5)17-10-8-9-11-20(17)27-6/h8-12,15,19H,7,13-14H2,1-6H3,(H2,22,23,24). The van der Waals surface area contributed by atoms with Crippen molar-refractivity contribution in [3.05, 3.63) is 47.3 Å². The minimum absolute atomic E-state index is 0.137. The van der Waals surface area contributed by atoms with Crippen molar-refractivity contribution in [2.75, 3.05) is 34.3 Å². The van der Waals surface area contributed by atoms with Crippen LogP contribution in [0.1, 0.15) is 49.7 Å². The summed E-state index contributed by atoms with van der Waals surface area (Å²) in [5, 5.41) is 10.8. The van der Waals surface area contributed by atoms with Crippen LogP contribution in [0.3, 0.4) is 0 Å². The summed E-state index contributed by atoms with van der Waals surface area (Å²) in [6.45, 7) is 8.14. The molecule has 1 heterocycles. The van der Waals surface area contributed by atoms with Crippen molar-refractivity contribution >= 4 is 5.96 Å². The Bertz CT molecular complexity index is 755. The Hall–Kier alpha value is -2.54. The lowest BCUT2D eigenvalue weighted by atomic mass is 10.0. The summed E-state index contributed by atoms with van der Waals surface area (Å²) in [6.07, 6.45) is 0. The number of likely N-dealkylation sites (N-methyl/N-ethyl adjacent to an activating group) is 1. The lowest BCUT2D eigenvalue weighted by Crippen LogP contribution is -2.41. The number of nitrogens with one attached hydrogen (secondary N) is 2. The lowest BCUT2D eigenvalue weighted by Gasteiger charge is -2.27. The third kappa shape index (κ3) is 5.99. The van der Waals surface area contributed by atoms with Gasteiger partial charge in [-0.05, 0) is 33.0 Å². The molecule has 0 fully saturated rings. The molecule has 0 aliphatic carbocycles. The molecule has 2 aromatic rings. The molecule has 1 unspecified atom stereocenters. The molecular weight excluding hydrogens is 354 g/mol. The average molecular weight is 388 g/mol. The number of hydrogen-bond acceptors (Lipinski definition) is 5. The molecule has 7 heteroatoms. The van der Waals surface area contributed by atoms with Crippen LogP contribution < -0.4 is 15.4 Å². The molecule has 0 aliphatic rings.